The van der Waals surface area contributed by atoms with Crippen molar-refractivity contribution in [2.24, 2.45) is 5.92 Å². The molecule has 28 heavy (non-hydrogen) atoms. The van der Waals surface area contributed by atoms with Gasteiger partial charge in [-0.2, -0.15) is 0 Å². The zero-order valence-corrected chi connectivity index (χ0v) is 16.1. The van der Waals surface area contributed by atoms with Crippen LogP contribution in [-0.2, 0) is 20.9 Å². The van der Waals surface area contributed by atoms with E-state index >= 15 is 0 Å². The smallest absolute Gasteiger partial charge is 0.338 e. The fourth-order valence-electron chi connectivity index (χ4n) is 3.16. The topological polar surface area (TPSA) is 75.7 Å². The number of hydrogen-bond acceptors (Lipinski definition) is 4. The zero-order valence-electron chi connectivity index (χ0n) is 16.1. The molecular weight excluding hydrogens is 356 g/mol. The Balaban J connectivity index is 1.57. The van der Waals surface area contributed by atoms with Crippen molar-refractivity contribution in [3.63, 3.8) is 0 Å². The zero-order chi connectivity index (χ0) is 20.1. The number of ether oxygens (including phenoxy) is 1. The summed E-state index contributed by atoms with van der Waals surface area (Å²) < 4.78 is 4.94. The molecule has 0 bridgehead atoms. The second kappa shape index (κ2) is 8.69. The lowest BCUT2D eigenvalue weighted by Crippen LogP contribution is -2.28. The first kappa shape index (κ1) is 19.6. The van der Waals surface area contributed by atoms with Gasteiger partial charge in [-0.3, -0.25) is 9.59 Å². The minimum atomic E-state index is -0.395. The number of esters is 1. The first-order valence-corrected chi connectivity index (χ1v) is 9.37. The highest BCUT2D eigenvalue weighted by molar-refractivity contribution is 5.97. The van der Waals surface area contributed by atoms with Gasteiger partial charge in [-0.25, -0.2) is 4.79 Å². The molecule has 3 rings (SSSR count). The van der Waals surface area contributed by atoms with E-state index in [2.05, 4.69) is 5.32 Å². The third kappa shape index (κ3) is 4.76. The largest absolute Gasteiger partial charge is 0.462 e. The molecule has 146 valence electrons. The van der Waals surface area contributed by atoms with Crippen LogP contribution in [0.4, 0.5) is 5.69 Å². The standard InChI is InChI=1S/C22H24N2O4/c1-3-28-22(27)17-8-10-19(11-9-17)23-21(26)18-12-20(25)24(14-18)13-16-6-4-15(2)5-7-16/h4-11,18H,3,12-14H2,1-2H3,(H,23,26)/t18-/m0/s1. The highest BCUT2D eigenvalue weighted by atomic mass is 16.5. The molecule has 1 N–H and O–H groups in total. The van der Waals surface area contributed by atoms with Crippen molar-refractivity contribution in [2.45, 2.75) is 26.8 Å². The maximum atomic E-state index is 12.5. The van der Waals surface area contributed by atoms with Crippen LogP contribution in [0, 0.1) is 12.8 Å². The summed E-state index contributed by atoms with van der Waals surface area (Å²) in [5.41, 5.74) is 3.24. The summed E-state index contributed by atoms with van der Waals surface area (Å²) in [5, 5.41) is 2.82. The molecule has 0 saturated carbocycles. The number of hydrogen-bond donors (Lipinski definition) is 1. The van der Waals surface area contributed by atoms with E-state index in [0.717, 1.165) is 5.56 Å². The highest BCUT2D eigenvalue weighted by Crippen LogP contribution is 2.22. The second-order valence-electron chi connectivity index (χ2n) is 6.95. The molecule has 1 aliphatic rings. The molecule has 6 nitrogen and oxygen atoms in total. The molecule has 2 aromatic rings. The van der Waals surface area contributed by atoms with E-state index in [0.29, 0.717) is 30.9 Å². The molecule has 1 aliphatic heterocycles. The van der Waals surface area contributed by atoms with Crippen LogP contribution in [0.15, 0.2) is 48.5 Å². The van der Waals surface area contributed by atoms with Crippen LogP contribution in [0.3, 0.4) is 0 Å². The van der Waals surface area contributed by atoms with Crippen molar-refractivity contribution in [2.75, 3.05) is 18.5 Å². The Morgan fingerprint density at radius 1 is 1.11 bits per heavy atom. The monoisotopic (exact) mass is 380 g/mol. The highest BCUT2D eigenvalue weighted by Gasteiger charge is 2.34. The van der Waals surface area contributed by atoms with Crippen LogP contribution in [0.5, 0.6) is 0 Å². The lowest BCUT2D eigenvalue weighted by molar-refractivity contribution is -0.128. The predicted molar refractivity (Wildman–Crippen MR) is 106 cm³/mol. The van der Waals surface area contributed by atoms with Gasteiger partial charge in [-0.15, -0.1) is 0 Å². The van der Waals surface area contributed by atoms with Crippen LogP contribution in [0.2, 0.25) is 0 Å². The van der Waals surface area contributed by atoms with Gasteiger partial charge in [0, 0.05) is 25.2 Å². The Bertz CT molecular complexity index is 859. The Hall–Kier alpha value is -3.15. The van der Waals surface area contributed by atoms with Crippen LogP contribution < -0.4 is 5.32 Å². The van der Waals surface area contributed by atoms with Crippen molar-refractivity contribution in [1.29, 1.82) is 0 Å². The summed E-state index contributed by atoms with van der Waals surface area (Å²) in [6.45, 7) is 4.99. The van der Waals surface area contributed by atoms with Crippen LogP contribution in [0.25, 0.3) is 0 Å². The van der Waals surface area contributed by atoms with Gasteiger partial charge in [0.25, 0.3) is 0 Å². The number of rotatable bonds is 6. The number of benzene rings is 2. The fraction of sp³-hybridized carbons (Fsp3) is 0.318. The third-order valence-corrected chi connectivity index (χ3v) is 4.74. The van der Waals surface area contributed by atoms with Gasteiger partial charge < -0.3 is 15.0 Å². The Kier molecular flexibility index (Phi) is 6.09. The second-order valence-corrected chi connectivity index (χ2v) is 6.95. The summed E-state index contributed by atoms with van der Waals surface area (Å²) in [6, 6.07) is 14.6. The van der Waals surface area contributed by atoms with E-state index in [9.17, 15) is 14.4 Å². The van der Waals surface area contributed by atoms with Crippen LogP contribution >= 0.6 is 0 Å². The number of nitrogens with zero attached hydrogens (tertiary/aromatic N) is 1. The Labute approximate surface area is 164 Å². The summed E-state index contributed by atoms with van der Waals surface area (Å²) in [5.74, 6) is -0.988. The summed E-state index contributed by atoms with van der Waals surface area (Å²) >= 11 is 0. The summed E-state index contributed by atoms with van der Waals surface area (Å²) in [4.78, 5) is 38.2. The lowest BCUT2D eigenvalue weighted by atomic mass is 10.1. The quantitative estimate of drug-likeness (QED) is 0.781. The van der Waals surface area contributed by atoms with E-state index in [1.165, 1.54) is 5.56 Å². The Morgan fingerprint density at radius 2 is 1.79 bits per heavy atom. The molecule has 1 fully saturated rings. The molecule has 6 heteroatoms. The molecule has 0 radical (unpaired) electrons. The van der Waals surface area contributed by atoms with Gasteiger partial charge in [-0.05, 0) is 43.7 Å². The van der Waals surface area contributed by atoms with Crippen molar-refractivity contribution >= 4 is 23.5 Å². The van der Waals surface area contributed by atoms with Gasteiger partial charge >= 0.3 is 5.97 Å². The van der Waals surface area contributed by atoms with E-state index in [-0.39, 0.29) is 24.2 Å². The molecule has 0 unspecified atom stereocenters. The number of likely N-dealkylation sites (tertiary alicyclic amines) is 1. The maximum Gasteiger partial charge on any atom is 0.338 e. The normalized spacial score (nSPS) is 16.1. The van der Waals surface area contributed by atoms with E-state index < -0.39 is 5.97 Å². The number of amides is 2. The minimum absolute atomic E-state index is 0.0154. The average Bonchev–Trinajstić information content (AvgIpc) is 3.05. The summed E-state index contributed by atoms with van der Waals surface area (Å²) in [7, 11) is 0. The summed E-state index contributed by atoms with van der Waals surface area (Å²) in [6.07, 6.45) is 0.207. The minimum Gasteiger partial charge on any atom is -0.462 e. The molecule has 1 heterocycles. The number of nitrogens with one attached hydrogen (secondary N) is 1. The van der Waals surface area contributed by atoms with E-state index in [1.54, 1.807) is 36.1 Å². The molecule has 1 atom stereocenters. The first-order chi connectivity index (χ1) is 13.5. The molecule has 0 aliphatic carbocycles. The average molecular weight is 380 g/mol. The van der Waals surface area contributed by atoms with Crippen molar-refractivity contribution < 1.29 is 19.1 Å². The fourth-order valence-corrected chi connectivity index (χ4v) is 3.16. The van der Waals surface area contributed by atoms with Crippen LogP contribution in [-0.4, -0.2) is 35.8 Å². The predicted octanol–water partition coefficient (Wildman–Crippen LogP) is 3.16. The molecular formula is C22H24N2O4. The van der Waals surface area contributed by atoms with Gasteiger partial charge in [0.2, 0.25) is 11.8 Å². The number of carbonyl (C=O) groups excluding carboxylic acids is 3. The van der Waals surface area contributed by atoms with Gasteiger partial charge in [0.05, 0.1) is 18.1 Å². The molecule has 0 spiro atoms. The SMILES string of the molecule is CCOC(=O)c1ccc(NC(=O)[C@H]2CC(=O)N(Cc3ccc(C)cc3)C2)cc1. The first-order valence-electron chi connectivity index (χ1n) is 9.37. The number of carbonyl (C=O) groups is 3. The van der Waals surface area contributed by atoms with E-state index in [4.69, 9.17) is 4.74 Å². The maximum absolute atomic E-state index is 12.5. The van der Waals surface area contributed by atoms with Crippen molar-refractivity contribution in [3.8, 4) is 0 Å². The van der Waals surface area contributed by atoms with Gasteiger partial charge in [-0.1, -0.05) is 29.8 Å². The Morgan fingerprint density at radius 3 is 2.43 bits per heavy atom. The van der Waals surface area contributed by atoms with Gasteiger partial charge in [0.15, 0.2) is 0 Å². The number of anilines is 1. The number of aryl methyl sites for hydroxylation is 1. The van der Waals surface area contributed by atoms with Crippen molar-refractivity contribution in [3.05, 3.63) is 65.2 Å². The molecule has 0 aromatic heterocycles. The molecule has 2 amide bonds. The lowest BCUT2D eigenvalue weighted by Gasteiger charge is -2.17. The van der Waals surface area contributed by atoms with Gasteiger partial charge in [0.1, 0.15) is 0 Å². The van der Waals surface area contributed by atoms with E-state index in [1.807, 2.05) is 31.2 Å². The third-order valence-electron chi connectivity index (χ3n) is 4.74. The molecule has 2 aromatic carbocycles. The van der Waals surface area contributed by atoms with Crippen LogP contribution in [0.1, 0.15) is 34.8 Å². The van der Waals surface area contributed by atoms with Crippen molar-refractivity contribution in [1.82, 2.24) is 4.90 Å². The molecule has 1 saturated heterocycles.